The zero-order valence-corrected chi connectivity index (χ0v) is 15.0. The van der Waals surface area contributed by atoms with E-state index in [9.17, 15) is 13.2 Å². The van der Waals surface area contributed by atoms with E-state index in [-0.39, 0.29) is 10.5 Å². The molecule has 0 amide bonds. The molecule has 0 aliphatic heterocycles. The summed E-state index contributed by atoms with van der Waals surface area (Å²) in [5, 5.41) is 13.4. The summed E-state index contributed by atoms with van der Waals surface area (Å²) in [6.07, 6.45) is 6.62. The molecule has 2 heterocycles. The number of nitrogens with zero attached hydrogens (tertiary/aromatic N) is 3. The van der Waals surface area contributed by atoms with Crippen LogP contribution in [0.1, 0.15) is 28.9 Å². The van der Waals surface area contributed by atoms with Gasteiger partial charge in [-0.3, -0.25) is 0 Å². The molecule has 9 heteroatoms. The molecule has 0 bridgehead atoms. The van der Waals surface area contributed by atoms with Crippen LogP contribution in [-0.2, 0) is 14.6 Å². The van der Waals surface area contributed by atoms with E-state index < -0.39 is 15.8 Å². The molecule has 1 N–H and O–H groups in total. The highest BCUT2D eigenvalue weighted by atomic mass is 32.2. The second-order valence-corrected chi connectivity index (χ2v) is 7.81. The number of rotatable bonds is 5. The fraction of sp³-hybridized carbons (Fsp3) is 0.235. The predicted octanol–water partition coefficient (Wildman–Crippen LogP) is 2.05. The third kappa shape index (κ3) is 3.38. The Morgan fingerprint density at radius 3 is 2.69 bits per heavy atom. The van der Waals surface area contributed by atoms with Gasteiger partial charge in [0.25, 0.3) is 0 Å². The summed E-state index contributed by atoms with van der Waals surface area (Å²) in [4.78, 5) is 15.6. The Balaban J connectivity index is 2.07. The van der Waals surface area contributed by atoms with Crippen LogP contribution in [-0.4, -0.2) is 47.6 Å². The number of ether oxygens (including phenoxy) is 1. The summed E-state index contributed by atoms with van der Waals surface area (Å²) < 4.78 is 30.6. The minimum atomic E-state index is -3.35. The first-order chi connectivity index (χ1) is 12.3. The normalized spacial score (nSPS) is 14.9. The van der Waals surface area contributed by atoms with E-state index >= 15 is 0 Å². The zero-order chi connectivity index (χ0) is 18.9. The Morgan fingerprint density at radius 1 is 1.27 bits per heavy atom. The van der Waals surface area contributed by atoms with Crippen LogP contribution < -0.4 is 0 Å². The molecule has 0 aromatic carbocycles. The number of carboxylic acids is 1. The van der Waals surface area contributed by atoms with Gasteiger partial charge in [-0.15, -0.1) is 0 Å². The van der Waals surface area contributed by atoms with Crippen molar-refractivity contribution < 1.29 is 23.1 Å². The molecule has 136 valence electrons. The molecule has 0 fully saturated rings. The molecule has 1 aliphatic rings. The SMILES string of the molecule is COC1=C(S(C)(=O)=O)CCC(c2ccnn2-c2cc(C(=O)O)ccn2)=C1. The highest BCUT2D eigenvalue weighted by Gasteiger charge is 2.24. The first-order valence-electron chi connectivity index (χ1n) is 7.73. The van der Waals surface area contributed by atoms with Gasteiger partial charge in [0.2, 0.25) is 0 Å². The number of methoxy groups -OCH3 is 1. The van der Waals surface area contributed by atoms with Crippen LogP contribution in [0.2, 0.25) is 0 Å². The second kappa shape index (κ2) is 6.75. The minimum Gasteiger partial charge on any atom is -0.496 e. The fourth-order valence-corrected chi connectivity index (χ4v) is 3.80. The Bertz CT molecular complexity index is 1030. The molecule has 0 saturated heterocycles. The van der Waals surface area contributed by atoms with Gasteiger partial charge in [-0.25, -0.2) is 22.9 Å². The molecule has 0 atom stereocenters. The Hall–Kier alpha value is -2.94. The van der Waals surface area contributed by atoms with E-state index in [2.05, 4.69) is 10.1 Å². The van der Waals surface area contributed by atoms with Gasteiger partial charge in [0.1, 0.15) is 5.76 Å². The third-order valence-electron chi connectivity index (χ3n) is 4.05. The van der Waals surface area contributed by atoms with Gasteiger partial charge in [-0.1, -0.05) is 0 Å². The molecular formula is C17H17N3O5S. The summed E-state index contributed by atoms with van der Waals surface area (Å²) in [7, 11) is -1.92. The lowest BCUT2D eigenvalue weighted by molar-refractivity contribution is 0.0696. The van der Waals surface area contributed by atoms with Crippen molar-refractivity contribution >= 4 is 21.4 Å². The molecule has 26 heavy (non-hydrogen) atoms. The summed E-state index contributed by atoms with van der Waals surface area (Å²) >= 11 is 0. The molecule has 0 saturated carbocycles. The highest BCUT2D eigenvalue weighted by molar-refractivity contribution is 7.94. The van der Waals surface area contributed by atoms with E-state index in [1.54, 1.807) is 18.3 Å². The van der Waals surface area contributed by atoms with Gasteiger partial charge in [0.15, 0.2) is 15.7 Å². The van der Waals surface area contributed by atoms with E-state index in [1.807, 2.05) is 0 Å². The van der Waals surface area contributed by atoms with E-state index in [0.29, 0.717) is 30.1 Å². The van der Waals surface area contributed by atoms with E-state index in [1.165, 1.54) is 30.1 Å². The smallest absolute Gasteiger partial charge is 0.335 e. The number of aromatic carboxylic acids is 1. The van der Waals surface area contributed by atoms with Crippen LogP contribution in [0.25, 0.3) is 11.4 Å². The minimum absolute atomic E-state index is 0.103. The Kier molecular flexibility index (Phi) is 4.64. The van der Waals surface area contributed by atoms with Gasteiger partial charge in [-0.2, -0.15) is 5.10 Å². The molecule has 3 rings (SSSR count). The van der Waals surface area contributed by atoms with Crippen molar-refractivity contribution in [3.05, 3.63) is 58.6 Å². The Morgan fingerprint density at radius 2 is 2.04 bits per heavy atom. The van der Waals surface area contributed by atoms with Crippen LogP contribution >= 0.6 is 0 Å². The predicted molar refractivity (Wildman–Crippen MR) is 94.4 cm³/mol. The van der Waals surface area contributed by atoms with E-state index in [4.69, 9.17) is 9.84 Å². The first kappa shape index (κ1) is 17.9. The number of hydrogen-bond acceptors (Lipinski definition) is 6. The monoisotopic (exact) mass is 375 g/mol. The molecule has 2 aromatic rings. The van der Waals surface area contributed by atoms with Crippen molar-refractivity contribution in [2.24, 2.45) is 0 Å². The number of carbonyl (C=O) groups is 1. The number of sulfone groups is 1. The van der Waals surface area contributed by atoms with Crippen molar-refractivity contribution in [1.29, 1.82) is 0 Å². The van der Waals surface area contributed by atoms with Crippen molar-refractivity contribution in [3.8, 4) is 5.82 Å². The topological polar surface area (TPSA) is 111 Å². The second-order valence-electron chi connectivity index (χ2n) is 5.77. The maximum absolute atomic E-state index is 11.9. The lowest BCUT2D eigenvalue weighted by atomic mass is 10.0. The highest BCUT2D eigenvalue weighted by Crippen LogP contribution is 2.33. The van der Waals surface area contributed by atoms with Gasteiger partial charge < -0.3 is 9.84 Å². The van der Waals surface area contributed by atoms with Gasteiger partial charge in [0, 0.05) is 12.5 Å². The maximum Gasteiger partial charge on any atom is 0.335 e. The third-order valence-corrected chi connectivity index (χ3v) is 5.35. The van der Waals surface area contributed by atoms with Crippen molar-refractivity contribution in [2.45, 2.75) is 12.8 Å². The molecule has 0 radical (unpaired) electrons. The lowest BCUT2D eigenvalue weighted by Crippen LogP contribution is -2.12. The lowest BCUT2D eigenvalue weighted by Gasteiger charge is -2.19. The molecule has 2 aromatic heterocycles. The average Bonchev–Trinajstić information content (AvgIpc) is 3.10. The van der Waals surface area contributed by atoms with Crippen LogP contribution in [0, 0.1) is 0 Å². The number of pyridine rings is 1. The van der Waals surface area contributed by atoms with Gasteiger partial charge in [0.05, 0.1) is 29.5 Å². The molecule has 8 nitrogen and oxygen atoms in total. The average molecular weight is 375 g/mol. The number of hydrogen-bond donors (Lipinski definition) is 1. The quantitative estimate of drug-likeness (QED) is 0.851. The van der Waals surface area contributed by atoms with Gasteiger partial charge in [-0.05, 0) is 42.7 Å². The molecule has 0 unspecified atom stereocenters. The maximum atomic E-state index is 11.9. The van der Waals surface area contributed by atoms with Crippen LogP contribution in [0.15, 0.2) is 47.3 Å². The summed E-state index contributed by atoms with van der Waals surface area (Å²) in [5.41, 5.74) is 1.63. The van der Waals surface area contributed by atoms with Crippen molar-refractivity contribution in [2.75, 3.05) is 13.4 Å². The number of allylic oxidation sites excluding steroid dienone is 3. The molecular weight excluding hydrogens is 358 g/mol. The zero-order valence-electron chi connectivity index (χ0n) is 14.2. The summed E-state index contributed by atoms with van der Waals surface area (Å²) in [5.74, 6) is -0.391. The van der Waals surface area contributed by atoms with Crippen molar-refractivity contribution in [1.82, 2.24) is 14.8 Å². The molecule has 1 aliphatic carbocycles. The fourth-order valence-electron chi connectivity index (χ4n) is 2.82. The number of carboxylic acid groups (broad SMARTS) is 1. The summed E-state index contributed by atoms with van der Waals surface area (Å²) in [6.45, 7) is 0. The number of aromatic nitrogens is 3. The largest absolute Gasteiger partial charge is 0.496 e. The van der Waals surface area contributed by atoms with E-state index in [0.717, 1.165) is 11.8 Å². The van der Waals surface area contributed by atoms with Crippen LogP contribution in [0.5, 0.6) is 0 Å². The Labute approximate surface area is 150 Å². The summed E-state index contributed by atoms with van der Waals surface area (Å²) in [6, 6.07) is 4.59. The van der Waals surface area contributed by atoms with Crippen LogP contribution in [0.3, 0.4) is 0 Å². The van der Waals surface area contributed by atoms with Gasteiger partial charge >= 0.3 is 5.97 Å². The van der Waals surface area contributed by atoms with Crippen LogP contribution in [0.4, 0.5) is 0 Å². The first-order valence-corrected chi connectivity index (χ1v) is 9.62. The van der Waals surface area contributed by atoms with Crippen molar-refractivity contribution in [3.63, 3.8) is 0 Å². The standard InChI is InChI=1S/C17H17N3O5S/c1-25-14-9-11(3-4-15(14)26(2,23)24)13-6-8-19-20(13)16-10-12(17(21)22)5-7-18-16/h5-10H,3-4H2,1-2H3,(H,21,22). The molecule has 0 spiro atoms.